The largest absolute Gasteiger partial charge is 0.497 e. The van der Waals surface area contributed by atoms with E-state index in [2.05, 4.69) is 28.4 Å². The summed E-state index contributed by atoms with van der Waals surface area (Å²) in [7, 11) is 1.73. The highest BCUT2D eigenvalue weighted by Crippen LogP contribution is 2.30. The maximum absolute atomic E-state index is 5.35. The molecule has 0 spiro atoms. The van der Waals surface area contributed by atoms with Crippen molar-refractivity contribution in [2.45, 2.75) is 32.7 Å². The first-order valence-electron chi connectivity index (χ1n) is 8.72. The summed E-state index contributed by atoms with van der Waals surface area (Å²) in [5.41, 5.74) is 5.33. The molecule has 1 aromatic carbocycles. The molecule has 2 aliphatic rings. The van der Waals surface area contributed by atoms with E-state index in [1.807, 2.05) is 6.92 Å². The zero-order valence-corrected chi connectivity index (χ0v) is 16.9. The predicted octanol–water partition coefficient (Wildman–Crippen LogP) is 2.89. The van der Waals surface area contributed by atoms with Gasteiger partial charge in [-0.25, -0.2) is 9.97 Å². The van der Waals surface area contributed by atoms with Crippen LogP contribution in [0.2, 0.25) is 0 Å². The Balaban J connectivity index is 0.00000121. The second-order valence-corrected chi connectivity index (χ2v) is 6.58. The van der Waals surface area contributed by atoms with Crippen molar-refractivity contribution in [2.24, 2.45) is 0 Å². The number of methoxy groups -OCH3 is 1. The van der Waals surface area contributed by atoms with E-state index in [1.165, 1.54) is 22.4 Å². The Morgan fingerprint density at radius 3 is 2.65 bits per heavy atom. The summed E-state index contributed by atoms with van der Waals surface area (Å²) >= 11 is 0. The van der Waals surface area contributed by atoms with Crippen LogP contribution in [-0.4, -0.2) is 36.7 Å². The Kier molecular flexibility index (Phi) is 7.09. The standard InChI is InChI=1S/C19H24N4O.2ClH/c1-13-21-18-6-9-20-8-5-17(18)19(22-13)23-10-7-14-11-16(24-2)4-3-15(14)12-23;;/h3-4,11,20H,5-10,12H2,1-2H3;2*1H. The predicted molar refractivity (Wildman–Crippen MR) is 109 cm³/mol. The van der Waals surface area contributed by atoms with Crippen LogP contribution in [0.1, 0.15) is 28.2 Å². The molecule has 0 bridgehead atoms. The molecule has 0 radical (unpaired) electrons. The van der Waals surface area contributed by atoms with Crippen molar-refractivity contribution >= 4 is 30.6 Å². The fraction of sp³-hybridized carbons (Fsp3) is 0.474. The van der Waals surface area contributed by atoms with E-state index in [9.17, 15) is 0 Å². The zero-order chi connectivity index (χ0) is 16.5. The van der Waals surface area contributed by atoms with Crippen molar-refractivity contribution in [3.63, 3.8) is 0 Å². The van der Waals surface area contributed by atoms with Crippen LogP contribution in [0, 0.1) is 6.92 Å². The van der Waals surface area contributed by atoms with E-state index in [1.54, 1.807) is 7.11 Å². The van der Waals surface area contributed by atoms with Gasteiger partial charge in [-0.3, -0.25) is 0 Å². The monoisotopic (exact) mass is 396 g/mol. The fourth-order valence-corrected chi connectivity index (χ4v) is 3.74. The highest BCUT2D eigenvalue weighted by Gasteiger charge is 2.23. The number of halogens is 2. The summed E-state index contributed by atoms with van der Waals surface area (Å²) in [6.07, 6.45) is 3.03. The minimum Gasteiger partial charge on any atom is -0.497 e. The SMILES string of the molecule is COc1ccc2c(c1)CCN(c1nc(C)nc3c1CCNCC3)C2.Cl.Cl. The molecule has 142 valence electrons. The molecular weight excluding hydrogens is 371 g/mol. The minimum atomic E-state index is 0. The number of nitrogens with zero attached hydrogens (tertiary/aromatic N) is 3. The van der Waals surface area contributed by atoms with E-state index in [0.717, 1.165) is 62.8 Å². The minimum absolute atomic E-state index is 0. The molecule has 7 heteroatoms. The fourth-order valence-electron chi connectivity index (χ4n) is 3.74. The molecule has 5 nitrogen and oxygen atoms in total. The van der Waals surface area contributed by atoms with Crippen molar-refractivity contribution in [1.82, 2.24) is 15.3 Å². The van der Waals surface area contributed by atoms with Crippen molar-refractivity contribution in [3.8, 4) is 5.75 Å². The van der Waals surface area contributed by atoms with Crippen LogP contribution >= 0.6 is 24.8 Å². The van der Waals surface area contributed by atoms with Gasteiger partial charge in [0.25, 0.3) is 0 Å². The van der Waals surface area contributed by atoms with E-state index in [4.69, 9.17) is 14.7 Å². The van der Waals surface area contributed by atoms with E-state index in [-0.39, 0.29) is 24.8 Å². The Bertz CT molecular complexity index is 769. The maximum atomic E-state index is 5.35. The quantitative estimate of drug-likeness (QED) is 0.845. The van der Waals surface area contributed by atoms with Crippen molar-refractivity contribution in [1.29, 1.82) is 0 Å². The molecule has 4 rings (SSSR count). The highest BCUT2D eigenvalue weighted by atomic mass is 35.5. The average Bonchev–Trinajstić information content (AvgIpc) is 2.85. The van der Waals surface area contributed by atoms with Gasteiger partial charge in [0.05, 0.1) is 12.8 Å². The van der Waals surface area contributed by atoms with Crippen LogP contribution in [-0.2, 0) is 25.8 Å². The van der Waals surface area contributed by atoms with Gasteiger partial charge in [0.1, 0.15) is 17.4 Å². The third kappa shape index (κ3) is 4.05. The molecule has 1 N–H and O–H groups in total. The smallest absolute Gasteiger partial charge is 0.136 e. The Morgan fingerprint density at radius 1 is 1.04 bits per heavy atom. The molecule has 1 aromatic heterocycles. The third-order valence-electron chi connectivity index (χ3n) is 5.00. The first-order chi connectivity index (χ1) is 11.7. The number of rotatable bonds is 2. The van der Waals surface area contributed by atoms with Gasteiger partial charge in [0.2, 0.25) is 0 Å². The molecule has 0 saturated heterocycles. The molecule has 0 saturated carbocycles. The first-order valence-corrected chi connectivity index (χ1v) is 8.72. The highest BCUT2D eigenvalue weighted by molar-refractivity contribution is 5.85. The van der Waals surface area contributed by atoms with E-state index < -0.39 is 0 Å². The lowest BCUT2D eigenvalue weighted by molar-refractivity contribution is 0.413. The number of hydrogen-bond acceptors (Lipinski definition) is 5. The summed E-state index contributed by atoms with van der Waals surface area (Å²) in [4.78, 5) is 11.9. The third-order valence-corrected chi connectivity index (χ3v) is 5.00. The van der Waals surface area contributed by atoms with Crippen LogP contribution in [0.15, 0.2) is 18.2 Å². The lowest BCUT2D eigenvalue weighted by Crippen LogP contribution is -2.32. The molecule has 2 aliphatic heterocycles. The van der Waals surface area contributed by atoms with Gasteiger partial charge in [-0.1, -0.05) is 6.07 Å². The Hall–Kier alpha value is -1.56. The second kappa shape index (κ2) is 8.89. The van der Waals surface area contributed by atoms with Gasteiger partial charge in [-0.2, -0.15) is 0 Å². The van der Waals surface area contributed by atoms with Gasteiger partial charge >= 0.3 is 0 Å². The number of aryl methyl sites for hydroxylation is 1. The maximum Gasteiger partial charge on any atom is 0.136 e. The number of fused-ring (bicyclic) bond motifs is 2. The number of ether oxygens (including phenoxy) is 1. The summed E-state index contributed by atoms with van der Waals surface area (Å²) in [6.45, 7) is 5.93. The lowest BCUT2D eigenvalue weighted by Gasteiger charge is -2.32. The number of benzene rings is 1. The summed E-state index contributed by atoms with van der Waals surface area (Å²) in [6, 6.07) is 6.41. The molecule has 26 heavy (non-hydrogen) atoms. The number of nitrogens with one attached hydrogen (secondary N) is 1. The number of hydrogen-bond donors (Lipinski definition) is 1. The van der Waals surface area contributed by atoms with Gasteiger partial charge in [-0.05, 0) is 49.6 Å². The van der Waals surface area contributed by atoms with Gasteiger partial charge in [0.15, 0.2) is 0 Å². The van der Waals surface area contributed by atoms with Crippen LogP contribution in [0.4, 0.5) is 5.82 Å². The number of aromatic nitrogens is 2. The van der Waals surface area contributed by atoms with E-state index >= 15 is 0 Å². The van der Waals surface area contributed by atoms with Crippen LogP contribution in [0.25, 0.3) is 0 Å². The average molecular weight is 397 g/mol. The first kappa shape index (κ1) is 20.7. The molecule has 0 atom stereocenters. The molecule has 3 heterocycles. The normalized spacial score (nSPS) is 15.7. The van der Waals surface area contributed by atoms with Crippen molar-refractivity contribution in [3.05, 3.63) is 46.4 Å². The Morgan fingerprint density at radius 2 is 1.85 bits per heavy atom. The number of anilines is 1. The Labute approximate surface area is 167 Å². The van der Waals surface area contributed by atoms with Gasteiger partial charge in [0, 0.05) is 31.6 Å². The molecule has 2 aromatic rings. The molecule has 0 aliphatic carbocycles. The molecule has 0 unspecified atom stereocenters. The summed E-state index contributed by atoms with van der Waals surface area (Å²) in [5, 5.41) is 3.47. The zero-order valence-electron chi connectivity index (χ0n) is 15.2. The van der Waals surface area contributed by atoms with Crippen LogP contribution in [0.5, 0.6) is 5.75 Å². The van der Waals surface area contributed by atoms with Crippen molar-refractivity contribution in [2.75, 3.05) is 31.6 Å². The summed E-state index contributed by atoms with van der Waals surface area (Å²) in [5.74, 6) is 2.97. The summed E-state index contributed by atoms with van der Waals surface area (Å²) < 4.78 is 5.35. The lowest BCUT2D eigenvalue weighted by atomic mass is 9.98. The van der Waals surface area contributed by atoms with Crippen molar-refractivity contribution < 1.29 is 4.74 Å². The van der Waals surface area contributed by atoms with Gasteiger partial charge < -0.3 is 15.0 Å². The van der Waals surface area contributed by atoms with Crippen LogP contribution < -0.4 is 15.0 Å². The molecule has 0 amide bonds. The van der Waals surface area contributed by atoms with E-state index in [0.29, 0.717) is 0 Å². The van der Waals surface area contributed by atoms with Gasteiger partial charge in [-0.15, -0.1) is 24.8 Å². The topological polar surface area (TPSA) is 50.3 Å². The molecule has 0 fully saturated rings. The van der Waals surface area contributed by atoms with Crippen LogP contribution in [0.3, 0.4) is 0 Å². The second-order valence-electron chi connectivity index (χ2n) is 6.58. The molecular formula is C19H26Cl2N4O.